The third kappa shape index (κ3) is 5.30. The predicted octanol–water partition coefficient (Wildman–Crippen LogP) is 2.48. The Morgan fingerprint density at radius 3 is 2.75 bits per heavy atom. The van der Waals surface area contributed by atoms with E-state index in [4.69, 9.17) is 4.74 Å². The SMILES string of the molecule is CC1CC(C(=O)NCCCCCCBr)CO1. The van der Waals surface area contributed by atoms with E-state index in [-0.39, 0.29) is 17.9 Å². The summed E-state index contributed by atoms with van der Waals surface area (Å²) in [5.41, 5.74) is 0. The molecule has 0 aliphatic carbocycles. The second-order valence-corrected chi connectivity index (χ2v) is 5.26. The molecule has 3 nitrogen and oxygen atoms in total. The zero-order chi connectivity index (χ0) is 11.8. The van der Waals surface area contributed by atoms with Crippen LogP contribution in [0.3, 0.4) is 0 Å². The lowest BCUT2D eigenvalue weighted by Crippen LogP contribution is -2.31. The van der Waals surface area contributed by atoms with Crippen molar-refractivity contribution in [1.29, 1.82) is 0 Å². The largest absolute Gasteiger partial charge is 0.378 e. The van der Waals surface area contributed by atoms with Crippen LogP contribution in [0.15, 0.2) is 0 Å². The van der Waals surface area contributed by atoms with Crippen molar-refractivity contribution in [2.45, 2.75) is 45.1 Å². The highest BCUT2D eigenvalue weighted by atomic mass is 79.9. The summed E-state index contributed by atoms with van der Waals surface area (Å²) in [5.74, 6) is 0.252. The topological polar surface area (TPSA) is 38.3 Å². The normalized spacial score (nSPS) is 24.6. The average molecular weight is 292 g/mol. The molecule has 0 aromatic heterocycles. The van der Waals surface area contributed by atoms with Crippen LogP contribution in [-0.4, -0.2) is 30.5 Å². The van der Waals surface area contributed by atoms with Crippen LogP contribution in [0.5, 0.6) is 0 Å². The molecule has 2 atom stereocenters. The quantitative estimate of drug-likeness (QED) is 0.578. The van der Waals surface area contributed by atoms with Crippen LogP contribution in [0.2, 0.25) is 0 Å². The summed E-state index contributed by atoms with van der Waals surface area (Å²) in [6, 6.07) is 0. The first-order valence-electron chi connectivity index (χ1n) is 6.19. The van der Waals surface area contributed by atoms with Gasteiger partial charge in [0.1, 0.15) is 0 Å². The molecule has 0 radical (unpaired) electrons. The molecule has 0 bridgehead atoms. The number of carbonyl (C=O) groups is 1. The number of carbonyl (C=O) groups excluding carboxylic acids is 1. The summed E-state index contributed by atoms with van der Waals surface area (Å²) >= 11 is 3.41. The van der Waals surface area contributed by atoms with E-state index in [1.807, 2.05) is 6.92 Å². The molecule has 2 unspecified atom stereocenters. The second kappa shape index (κ2) is 8.07. The van der Waals surface area contributed by atoms with Gasteiger partial charge in [0.15, 0.2) is 0 Å². The molecule has 0 aromatic carbocycles. The van der Waals surface area contributed by atoms with Crippen molar-refractivity contribution in [1.82, 2.24) is 5.32 Å². The predicted molar refractivity (Wildman–Crippen MR) is 68.8 cm³/mol. The van der Waals surface area contributed by atoms with Crippen LogP contribution in [0.25, 0.3) is 0 Å². The van der Waals surface area contributed by atoms with E-state index in [2.05, 4.69) is 21.2 Å². The molecule has 16 heavy (non-hydrogen) atoms. The van der Waals surface area contributed by atoms with Gasteiger partial charge in [-0.1, -0.05) is 28.8 Å². The minimum absolute atomic E-state index is 0.0811. The van der Waals surface area contributed by atoms with Crippen LogP contribution < -0.4 is 5.32 Å². The maximum atomic E-state index is 11.7. The average Bonchev–Trinajstić information content (AvgIpc) is 2.70. The first-order chi connectivity index (χ1) is 7.74. The van der Waals surface area contributed by atoms with E-state index in [1.54, 1.807) is 0 Å². The van der Waals surface area contributed by atoms with Crippen LogP contribution in [0.4, 0.5) is 0 Å². The van der Waals surface area contributed by atoms with E-state index < -0.39 is 0 Å². The standard InChI is InChI=1S/C12H22BrNO2/c1-10-8-11(9-16-10)12(15)14-7-5-3-2-4-6-13/h10-11H,2-9H2,1H3,(H,14,15). The molecule has 1 heterocycles. The molecule has 0 aromatic rings. The van der Waals surface area contributed by atoms with E-state index in [1.165, 1.54) is 19.3 Å². The Bertz CT molecular complexity index is 211. The Balaban J connectivity index is 1.98. The fourth-order valence-corrected chi connectivity index (χ4v) is 2.33. The van der Waals surface area contributed by atoms with Crippen LogP contribution in [-0.2, 0) is 9.53 Å². The van der Waals surface area contributed by atoms with Crippen molar-refractivity contribution in [2.24, 2.45) is 5.92 Å². The zero-order valence-electron chi connectivity index (χ0n) is 10.0. The lowest BCUT2D eigenvalue weighted by molar-refractivity contribution is -0.124. The third-order valence-electron chi connectivity index (χ3n) is 2.93. The molecule has 1 N–H and O–H groups in total. The Hall–Kier alpha value is -0.0900. The maximum Gasteiger partial charge on any atom is 0.225 e. The second-order valence-electron chi connectivity index (χ2n) is 4.47. The molecule has 1 aliphatic heterocycles. The van der Waals surface area contributed by atoms with Crippen molar-refractivity contribution in [3.8, 4) is 0 Å². The van der Waals surface area contributed by atoms with Crippen LogP contribution in [0, 0.1) is 5.92 Å². The maximum absolute atomic E-state index is 11.7. The monoisotopic (exact) mass is 291 g/mol. The number of rotatable bonds is 7. The zero-order valence-corrected chi connectivity index (χ0v) is 11.6. The number of nitrogens with one attached hydrogen (secondary N) is 1. The van der Waals surface area contributed by atoms with Crippen LogP contribution in [0.1, 0.15) is 39.0 Å². The van der Waals surface area contributed by atoms with Gasteiger partial charge in [-0.25, -0.2) is 0 Å². The number of alkyl halides is 1. The summed E-state index contributed by atoms with van der Waals surface area (Å²) in [6.45, 7) is 3.43. The van der Waals surface area contributed by atoms with Crippen molar-refractivity contribution in [3.63, 3.8) is 0 Å². The highest BCUT2D eigenvalue weighted by molar-refractivity contribution is 9.09. The lowest BCUT2D eigenvalue weighted by Gasteiger charge is -2.09. The molecular weight excluding hydrogens is 270 g/mol. The van der Waals surface area contributed by atoms with Gasteiger partial charge in [0.05, 0.1) is 18.6 Å². The van der Waals surface area contributed by atoms with Gasteiger partial charge in [0.25, 0.3) is 0 Å². The van der Waals surface area contributed by atoms with Gasteiger partial charge in [-0.2, -0.15) is 0 Å². The molecule has 0 saturated carbocycles. The number of halogens is 1. The Kier molecular flexibility index (Phi) is 7.05. The van der Waals surface area contributed by atoms with E-state index in [0.29, 0.717) is 6.61 Å². The van der Waals surface area contributed by atoms with Crippen molar-refractivity contribution in [2.75, 3.05) is 18.5 Å². The van der Waals surface area contributed by atoms with E-state index >= 15 is 0 Å². The smallest absolute Gasteiger partial charge is 0.225 e. The van der Waals surface area contributed by atoms with Gasteiger partial charge in [0, 0.05) is 11.9 Å². The first kappa shape index (κ1) is 14.0. The number of ether oxygens (including phenoxy) is 1. The molecule has 1 fully saturated rings. The number of hydrogen-bond acceptors (Lipinski definition) is 2. The highest BCUT2D eigenvalue weighted by Crippen LogP contribution is 2.18. The molecule has 0 spiro atoms. The van der Waals surface area contributed by atoms with E-state index in [9.17, 15) is 4.79 Å². The van der Waals surface area contributed by atoms with Crippen molar-refractivity contribution < 1.29 is 9.53 Å². The van der Waals surface area contributed by atoms with Gasteiger partial charge >= 0.3 is 0 Å². The van der Waals surface area contributed by atoms with Gasteiger partial charge < -0.3 is 10.1 Å². The minimum atomic E-state index is 0.0811. The van der Waals surface area contributed by atoms with Gasteiger partial charge in [-0.15, -0.1) is 0 Å². The fraction of sp³-hybridized carbons (Fsp3) is 0.917. The number of unbranched alkanes of at least 4 members (excludes halogenated alkanes) is 3. The highest BCUT2D eigenvalue weighted by Gasteiger charge is 2.27. The molecular formula is C12H22BrNO2. The minimum Gasteiger partial charge on any atom is -0.378 e. The number of amides is 1. The Morgan fingerprint density at radius 1 is 1.38 bits per heavy atom. The van der Waals surface area contributed by atoms with Crippen molar-refractivity contribution in [3.05, 3.63) is 0 Å². The van der Waals surface area contributed by atoms with Gasteiger partial charge in [-0.05, 0) is 26.2 Å². The molecule has 1 aliphatic rings. The van der Waals surface area contributed by atoms with Gasteiger partial charge in [-0.3, -0.25) is 4.79 Å². The summed E-state index contributed by atoms with van der Waals surface area (Å²) in [7, 11) is 0. The molecule has 4 heteroatoms. The molecule has 1 amide bonds. The Labute approximate surface area is 106 Å². The van der Waals surface area contributed by atoms with Crippen molar-refractivity contribution >= 4 is 21.8 Å². The molecule has 94 valence electrons. The molecule has 1 rings (SSSR count). The first-order valence-corrected chi connectivity index (χ1v) is 7.31. The Morgan fingerprint density at radius 2 is 2.12 bits per heavy atom. The summed E-state index contributed by atoms with van der Waals surface area (Å²) in [4.78, 5) is 11.7. The van der Waals surface area contributed by atoms with E-state index in [0.717, 1.165) is 24.7 Å². The fourth-order valence-electron chi connectivity index (χ4n) is 1.93. The summed E-state index contributed by atoms with van der Waals surface area (Å²) < 4.78 is 5.38. The summed E-state index contributed by atoms with van der Waals surface area (Å²) in [6.07, 6.45) is 5.86. The molecule has 1 saturated heterocycles. The summed E-state index contributed by atoms with van der Waals surface area (Å²) in [5, 5.41) is 4.07. The van der Waals surface area contributed by atoms with Crippen LogP contribution >= 0.6 is 15.9 Å². The lowest BCUT2D eigenvalue weighted by atomic mass is 10.1. The van der Waals surface area contributed by atoms with Gasteiger partial charge in [0.2, 0.25) is 5.91 Å². The number of hydrogen-bond donors (Lipinski definition) is 1. The third-order valence-corrected chi connectivity index (χ3v) is 3.49.